The Labute approximate surface area is 159 Å². The van der Waals surface area contributed by atoms with Crippen molar-refractivity contribution in [2.45, 2.75) is 23.1 Å². The molecule has 0 aliphatic carbocycles. The van der Waals surface area contributed by atoms with E-state index in [1.807, 2.05) is 17.2 Å². The fraction of sp³-hybridized carbons (Fsp3) is 0.400. The molecule has 5 nitrogen and oxygen atoms in total. The van der Waals surface area contributed by atoms with Crippen LogP contribution in [0.15, 0.2) is 52.4 Å². The van der Waals surface area contributed by atoms with Gasteiger partial charge in [-0.1, -0.05) is 23.9 Å². The zero-order valence-corrected chi connectivity index (χ0v) is 15.9. The molecule has 2 aliphatic rings. The molecule has 1 aromatic heterocycles. The first-order valence-corrected chi connectivity index (χ1v) is 10.0. The molecule has 26 heavy (non-hydrogen) atoms. The van der Waals surface area contributed by atoms with Gasteiger partial charge < -0.3 is 9.80 Å². The van der Waals surface area contributed by atoms with Crippen LogP contribution in [0, 0.1) is 0 Å². The van der Waals surface area contributed by atoms with E-state index in [1.165, 1.54) is 15.5 Å². The maximum absolute atomic E-state index is 11.5. The number of nitrogens with zero attached hydrogens (tertiary/aromatic N) is 4. The number of hydrogen-bond donors (Lipinski definition) is 0. The number of para-hydroxylation sites is 1. The standard InChI is InChI=1S/C20H24N4OS/c1-16(25)23-14-12-22(13-15-23)10-5-11-24-17-6-2-3-7-18(17)26-19-8-4-9-21-20(19)24/h2-4,6-9H,5,10-15H2,1H3. The molecule has 0 unspecified atom stereocenters. The van der Waals surface area contributed by atoms with Gasteiger partial charge in [0.25, 0.3) is 0 Å². The Morgan fingerprint density at radius 2 is 1.81 bits per heavy atom. The number of amides is 1. The Morgan fingerprint density at radius 1 is 1.04 bits per heavy atom. The molecule has 1 aromatic carbocycles. The molecule has 6 heteroatoms. The minimum atomic E-state index is 0.190. The summed E-state index contributed by atoms with van der Waals surface area (Å²) in [5.41, 5.74) is 1.25. The van der Waals surface area contributed by atoms with E-state index in [-0.39, 0.29) is 5.91 Å². The third kappa shape index (κ3) is 3.57. The van der Waals surface area contributed by atoms with Gasteiger partial charge in [-0.3, -0.25) is 9.69 Å². The number of piperazine rings is 1. The second-order valence-electron chi connectivity index (χ2n) is 6.75. The average molecular weight is 369 g/mol. The van der Waals surface area contributed by atoms with E-state index in [1.54, 1.807) is 18.7 Å². The summed E-state index contributed by atoms with van der Waals surface area (Å²) in [6, 6.07) is 12.7. The van der Waals surface area contributed by atoms with Gasteiger partial charge in [0.1, 0.15) is 5.82 Å². The van der Waals surface area contributed by atoms with Gasteiger partial charge in [0.15, 0.2) is 0 Å². The summed E-state index contributed by atoms with van der Waals surface area (Å²) in [5, 5.41) is 0. The van der Waals surface area contributed by atoms with Crippen LogP contribution < -0.4 is 4.90 Å². The van der Waals surface area contributed by atoms with E-state index in [9.17, 15) is 4.79 Å². The number of hydrogen-bond acceptors (Lipinski definition) is 5. The summed E-state index contributed by atoms with van der Waals surface area (Å²) in [6.45, 7) is 7.31. The molecule has 1 saturated heterocycles. The number of benzene rings is 1. The van der Waals surface area contributed by atoms with Gasteiger partial charge in [-0.05, 0) is 37.2 Å². The zero-order valence-electron chi connectivity index (χ0n) is 15.1. The molecule has 0 spiro atoms. The van der Waals surface area contributed by atoms with Gasteiger partial charge in [-0.25, -0.2) is 4.98 Å². The number of fused-ring (bicyclic) bond motifs is 2. The first kappa shape index (κ1) is 17.4. The lowest BCUT2D eigenvalue weighted by molar-refractivity contribution is -0.130. The molecular weight excluding hydrogens is 344 g/mol. The number of carbonyl (C=O) groups excluding carboxylic acids is 1. The van der Waals surface area contributed by atoms with E-state index < -0.39 is 0 Å². The van der Waals surface area contributed by atoms with Crippen molar-refractivity contribution in [3.63, 3.8) is 0 Å². The molecule has 3 heterocycles. The van der Waals surface area contributed by atoms with Crippen molar-refractivity contribution in [2.24, 2.45) is 0 Å². The summed E-state index contributed by atoms with van der Waals surface area (Å²) >= 11 is 1.80. The van der Waals surface area contributed by atoms with Crippen LogP contribution in [0.3, 0.4) is 0 Å². The Bertz CT molecular complexity index is 743. The highest BCUT2D eigenvalue weighted by Gasteiger charge is 2.24. The fourth-order valence-corrected chi connectivity index (χ4v) is 4.70. The van der Waals surface area contributed by atoms with Crippen molar-refractivity contribution in [1.29, 1.82) is 0 Å². The van der Waals surface area contributed by atoms with E-state index in [0.717, 1.165) is 51.5 Å². The van der Waals surface area contributed by atoms with Crippen molar-refractivity contribution in [3.05, 3.63) is 42.6 Å². The molecule has 2 aromatic rings. The number of rotatable bonds is 4. The molecule has 1 fully saturated rings. The molecule has 0 bridgehead atoms. The van der Waals surface area contributed by atoms with Crippen LogP contribution in [0.2, 0.25) is 0 Å². The van der Waals surface area contributed by atoms with Crippen LogP contribution >= 0.6 is 11.8 Å². The van der Waals surface area contributed by atoms with Crippen molar-refractivity contribution in [1.82, 2.24) is 14.8 Å². The molecule has 0 atom stereocenters. The molecule has 4 rings (SSSR count). The number of carbonyl (C=O) groups is 1. The van der Waals surface area contributed by atoms with Crippen molar-refractivity contribution in [2.75, 3.05) is 44.2 Å². The predicted molar refractivity (Wildman–Crippen MR) is 105 cm³/mol. The number of anilines is 2. The maximum Gasteiger partial charge on any atom is 0.219 e. The van der Waals surface area contributed by atoms with E-state index in [4.69, 9.17) is 0 Å². The van der Waals surface area contributed by atoms with E-state index >= 15 is 0 Å². The lowest BCUT2D eigenvalue weighted by atomic mass is 10.2. The van der Waals surface area contributed by atoms with E-state index in [2.05, 4.69) is 45.1 Å². The third-order valence-corrected chi connectivity index (χ3v) is 6.16. The van der Waals surface area contributed by atoms with Crippen LogP contribution in [0.5, 0.6) is 0 Å². The molecule has 1 amide bonds. The van der Waals surface area contributed by atoms with Gasteiger partial charge in [-0.15, -0.1) is 0 Å². The molecular formula is C20H24N4OS. The largest absolute Gasteiger partial charge is 0.340 e. The first-order valence-electron chi connectivity index (χ1n) is 9.20. The summed E-state index contributed by atoms with van der Waals surface area (Å²) in [7, 11) is 0. The highest BCUT2D eigenvalue weighted by molar-refractivity contribution is 7.99. The quantitative estimate of drug-likeness (QED) is 0.829. The van der Waals surface area contributed by atoms with Gasteiger partial charge >= 0.3 is 0 Å². The predicted octanol–water partition coefficient (Wildman–Crippen LogP) is 3.24. The molecule has 0 radical (unpaired) electrons. The van der Waals surface area contributed by atoms with Crippen LogP contribution in [0.25, 0.3) is 0 Å². The van der Waals surface area contributed by atoms with Crippen molar-refractivity contribution in [3.8, 4) is 0 Å². The lowest BCUT2D eigenvalue weighted by Gasteiger charge is -2.35. The second-order valence-corrected chi connectivity index (χ2v) is 7.83. The van der Waals surface area contributed by atoms with Gasteiger partial charge in [0, 0.05) is 50.7 Å². The third-order valence-electron chi connectivity index (χ3n) is 5.06. The van der Waals surface area contributed by atoms with Crippen LogP contribution in [-0.4, -0.2) is 60.0 Å². The van der Waals surface area contributed by atoms with Crippen molar-refractivity contribution < 1.29 is 4.79 Å². The monoisotopic (exact) mass is 368 g/mol. The Hall–Kier alpha value is -2.05. The Morgan fingerprint density at radius 3 is 2.62 bits per heavy atom. The van der Waals surface area contributed by atoms with Crippen LogP contribution in [0.1, 0.15) is 13.3 Å². The highest BCUT2D eigenvalue weighted by atomic mass is 32.2. The average Bonchev–Trinajstić information content (AvgIpc) is 2.68. The van der Waals surface area contributed by atoms with E-state index in [0.29, 0.717) is 0 Å². The molecule has 2 aliphatic heterocycles. The molecule has 0 N–H and O–H groups in total. The zero-order chi connectivity index (χ0) is 17.9. The van der Waals surface area contributed by atoms with Crippen LogP contribution in [-0.2, 0) is 4.79 Å². The minimum Gasteiger partial charge on any atom is -0.340 e. The summed E-state index contributed by atoms with van der Waals surface area (Å²) in [5.74, 6) is 1.26. The normalized spacial score (nSPS) is 17.0. The van der Waals surface area contributed by atoms with Crippen molar-refractivity contribution >= 4 is 29.2 Å². The Kier molecular flexibility index (Phi) is 5.13. The number of aromatic nitrogens is 1. The fourth-order valence-electron chi connectivity index (χ4n) is 3.63. The molecule has 0 saturated carbocycles. The van der Waals surface area contributed by atoms with Gasteiger partial charge in [-0.2, -0.15) is 0 Å². The first-order chi connectivity index (χ1) is 12.7. The van der Waals surface area contributed by atoms with Gasteiger partial charge in [0.05, 0.1) is 10.6 Å². The Balaban J connectivity index is 1.40. The SMILES string of the molecule is CC(=O)N1CCN(CCCN2c3ccccc3Sc3cccnc32)CC1. The number of pyridine rings is 1. The summed E-state index contributed by atoms with van der Waals surface area (Å²) in [4.78, 5) is 25.4. The van der Waals surface area contributed by atoms with Crippen LogP contribution in [0.4, 0.5) is 11.5 Å². The highest BCUT2D eigenvalue weighted by Crippen LogP contribution is 2.46. The summed E-state index contributed by atoms with van der Waals surface area (Å²) in [6.07, 6.45) is 2.95. The maximum atomic E-state index is 11.5. The molecule has 136 valence electrons. The smallest absolute Gasteiger partial charge is 0.219 e. The lowest BCUT2D eigenvalue weighted by Crippen LogP contribution is -2.48. The topological polar surface area (TPSA) is 39.7 Å². The summed E-state index contributed by atoms with van der Waals surface area (Å²) < 4.78 is 0. The minimum absolute atomic E-state index is 0.190. The second kappa shape index (κ2) is 7.68. The van der Waals surface area contributed by atoms with Gasteiger partial charge in [0.2, 0.25) is 5.91 Å².